The predicted molar refractivity (Wildman–Crippen MR) is 56.5 cm³/mol. The normalized spacial score (nSPS) is 28.1. The highest BCUT2D eigenvalue weighted by atomic mass is 16.5. The lowest BCUT2D eigenvalue weighted by atomic mass is 10.2. The standard InChI is InChI=1S/C10H20N2O3/c1-6(2)11-10(14)7(3)12-8-4-15-5-9(8)13/h6-9,12-13H,4-5H2,1-3H3,(H,11,14). The van der Waals surface area contributed by atoms with Gasteiger partial charge in [-0.2, -0.15) is 0 Å². The third-order valence-electron chi connectivity index (χ3n) is 2.34. The van der Waals surface area contributed by atoms with Gasteiger partial charge in [0, 0.05) is 6.04 Å². The fraction of sp³-hybridized carbons (Fsp3) is 0.900. The van der Waals surface area contributed by atoms with Gasteiger partial charge in [0.2, 0.25) is 5.91 Å². The second kappa shape index (κ2) is 5.44. The molecule has 0 saturated carbocycles. The summed E-state index contributed by atoms with van der Waals surface area (Å²) in [6.45, 7) is 6.41. The average molecular weight is 216 g/mol. The van der Waals surface area contributed by atoms with E-state index in [1.165, 1.54) is 0 Å². The van der Waals surface area contributed by atoms with Crippen LogP contribution in [-0.2, 0) is 9.53 Å². The molecule has 15 heavy (non-hydrogen) atoms. The number of rotatable bonds is 4. The Morgan fingerprint density at radius 1 is 1.40 bits per heavy atom. The molecule has 3 atom stereocenters. The van der Waals surface area contributed by atoms with Crippen molar-refractivity contribution in [1.82, 2.24) is 10.6 Å². The monoisotopic (exact) mass is 216 g/mol. The average Bonchev–Trinajstić information content (AvgIpc) is 2.50. The minimum Gasteiger partial charge on any atom is -0.389 e. The van der Waals surface area contributed by atoms with Crippen LogP contribution < -0.4 is 10.6 Å². The molecule has 0 spiro atoms. The lowest BCUT2D eigenvalue weighted by Gasteiger charge is -2.21. The molecule has 1 heterocycles. The van der Waals surface area contributed by atoms with Crippen molar-refractivity contribution in [3.8, 4) is 0 Å². The van der Waals surface area contributed by atoms with E-state index in [1.54, 1.807) is 6.92 Å². The van der Waals surface area contributed by atoms with Gasteiger partial charge in [0.15, 0.2) is 0 Å². The van der Waals surface area contributed by atoms with E-state index in [2.05, 4.69) is 10.6 Å². The van der Waals surface area contributed by atoms with Crippen molar-refractivity contribution in [3.05, 3.63) is 0 Å². The van der Waals surface area contributed by atoms with Gasteiger partial charge >= 0.3 is 0 Å². The van der Waals surface area contributed by atoms with Crippen molar-refractivity contribution < 1.29 is 14.6 Å². The third-order valence-corrected chi connectivity index (χ3v) is 2.34. The van der Waals surface area contributed by atoms with Gasteiger partial charge in [-0.3, -0.25) is 10.1 Å². The summed E-state index contributed by atoms with van der Waals surface area (Å²) in [6.07, 6.45) is -0.515. The first-order chi connectivity index (χ1) is 7.00. The van der Waals surface area contributed by atoms with Crippen LogP contribution in [-0.4, -0.2) is 48.5 Å². The van der Waals surface area contributed by atoms with Crippen LogP contribution in [0.4, 0.5) is 0 Å². The summed E-state index contributed by atoms with van der Waals surface area (Å²) in [7, 11) is 0. The fourth-order valence-corrected chi connectivity index (χ4v) is 1.51. The summed E-state index contributed by atoms with van der Waals surface area (Å²) in [4.78, 5) is 11.6. The molecule has 1 aliphatic rings. The summed E-state index contributed by atoms with van der Waals surface area (Å²) < 4.78 is 5.09. The zero-order chi connectivity index (χ0) is 11.4. The van der Waals surface area contributed by atoms with E-state index >= 15 is 0 Å². The number of carbonyl (C=O) groups is 1. The zero-order valence-electron chi connectivity index (χ0n) is 9.49. The molecular weight excluding hydrogens is 196 g/mol. The van der Waals surface area contributed by atoms with Crippen LogP contribution in [0.5, 0.6) is 0 Å². The maximum atomic E-state index is 11.6. The second-order valence-electron chi connectivity index (χ2n) is 4.26. The molecule has 0 aromatic heterocycles. The van der Waals surface area contributed by atoms with Crippen molar-refractivity contribution in [2.75, 3.05) is 13.2 Å². The Labute approximate surface area is 90.2 Å². The third kappa shape index (κ3) is 3.77. The molecule has 3 N–H and O–H groups in total. The van der Waals surface area contributed by atoms with E-state index in [9.17, 15) is 9.90 Å². The van der Waals surface area contributed by atoms with Crippen molar-refractivity contribution in [1.29, 1.82) is 0 Å². The number of carbonyl (C=O) groups excluding carboxylic acids is 1. The number of hydrogen-bond acceptors (Lipinski definition) is 4. The van der Waals surface area contributed by atoms with Crippen LogP contribution in [0.3, 0.4) is 0 Å². The van der Waals surface area contributed by atoms with Crippen LogP contribution in [0.25, 0.3) is 0 Å². The fourth-order valence-electron chi connectivity index (χ4n) is 1.51. The number of aliphatic hydroxyl groups excluding tert-OH is 1. The Morgan fingerprint density at radius 2 is 2.07 bits per heavy atom. The summed E-state index contributed by atoms with van der Waals surface area (Å²) in [6, 6.07) is -0.321. The van der Waals surface area contributed by atoms with Crippen LogP contribution in [0.15, 0.2) is 0 Å². The highest BCUT2D eigenvalue weighted by Crippen LogP contribution is 2.05. The SMILES string of the molecule is CC(C)NC(=O)C(C)NC1COCC1O. The van der Waals surface area contributed by atoms with E-state index in [-0.39, 0.29) is 24.0 Å². The first-order valence-electron chi connectivity index (χ1n) is 5.33. The molecule has 1 aliphatic heterocycles. The molecule has 1 fully saturated rings. The molecule has 3 unspecified atom stereocenters. The highest BCUT2D eigenvalue weighted by Gasteiger charge is 2.28. The van der Waals surface area contributed by atoms with Gasteiger partial charge in [-0.1, -0.05) is 0 Å². The Morgan fingerprint density at radius 3 is 2.53 bits per heavy atom. The van der Waals surface area contributed by atoms with Crippen LogP contribution >= 0.6 is 0 Å². The Bertz CT molecular complexity index is 221. The molecule has 0 aliphatic carbocycles. The molecule has 0 aromatic carbocycles. The highest BCUT2D eigenvalue weighted by molar-refractivity contribution is 5.81. The maximum absolute atomic E-state index is 11.6. The van der Waals surface area contributed by atoms with E-state index in [1.807, 2.05) is 13.8 Å². The Hall–Kier alpha value is -0.650. The van der Waals surface area contributed by atoms with Gasteiger partial charge in [-0.05, 0) is 20.8 Å². The van der Waals surface area contributed by atoms with E-state index < -0.39 is 6.10 Å². The minimum absolute atomic E-state index is 0.0518. The smallest absolute Gasteiger partial charge is 0.237 e. The van der Waals surface area contributed by atoms with Crippen molar-refractivity contribution in [2.45, 2.75) is 45.0 Å². The lowest BCUT2D eigenvalue weighted by Crippen LogP contribution is -2.51. The zero-order valence-corrected chi connectivity index (χ0v) is 9.49. The van der Waals surface area contributed by atoms with Gasteiger partial charge in [0.1, 0.15) is 0 Å². The summed E-state index contributed by atoms with van der Waals surface area (Å²) in [5.41, 5.74) is 0. The van der Waals surface area contributed by atoms with E-state index in [4.69, 9.17) is 4.74 Å². The van der Waals surface area contributed by atoms with Gasteiger partial charge in [0.25, 0.3) is 0 Å². The number of amides is 1. The molecule has 0 radical (unpaired) electrons. The number of ether oxygens (including phenoxy) is 1. The summed E-state index contributed by atoms with van der Waals surface area (Å²) in [5, 5.41) is 15.3. The molecule has 5 nitrogen and oxygen atoms in total. The van der Waals surface area contributed by atoms with Gasteiger partial charge in [-0.25, -0.2) is 0 Å². The van der Waals surface area contributed by atoms with E-state index in [0.29, 0.717) is 13.2 Å². The molecule has 88 valence electrons. The molecule has 1 amide bonds. The number of aliphatic hydroxyl groups is 1. The topological polar surface area (TPSA) is 70.6 Å². The van der Waals surface area contributed by atoms with Crippen LogP contribution in [0, 0.1) is 0 Å². The quantitative estimate of drug-likeness (QED) is 0.578. The molecule has 0 bridgehead atoms. The summed E-state index contributed by atoms with van der Waals surface area (Å²) >= 11 is 0. The van der Waals surface area contributed by atoms with Crippen molar-refractivity contribution in [2.24, 2.45) is 0 Å². The first kappa shape index (κ1) is 12.4. The minimum atomic E-state index is -0.515. The van der Waals surface area contributed by atoms with Gasteiger partial charge < -0.3 is 15.2 Å². The Kier molecular flexibility index (Phi) is 4.50. The van der Waals surface area contributed by atoms with Crippen LogP contribution in [0.1, 0.15) is 20.8 Å². The van der Waals surface area contributed by atoms with Gasteiger partial charge in [-0.15, -0.1) is 0 Å². The lowest BCUT2D eigenvalue weighted by molar-refractivity contribution is -0.123. The molecule has 1 rings (SSSR count). The van der Waals surface area contributed by atoms with Crippen molar-refractivity contribution >= 4 is 5.91 Å². The molecule has 0 aromatic rings. The second-order valence-corrected chi connectivity index (χ2v) is 4.26. The largest absolute Gasteiger partial charge is 0.389 e. The molecule has 1 saturated heterocycles. The van der Waals surface area contributed by atoms with Gasteiger partial charge in [0.05, 0.1) is 31.4 Å². The van der Waals surface area contributed by atoms with Crippen LogP contribution in [0.2, 0.25) is 0 Å². The van der Waals surface area contributed by atoms with E-state index in [0.717, 1.165) is 0 Å². The predicted octanol–water partition coefficient (Wildman–Crippen LogP) is -0.751. The number of hydrogen-bond donors (Lipinski definition) is 3. The summed E-state index contributed by atoms with van der Waals surface area (Å²) in [5.74, 6) is -0.0518. The first-order valence-corrected chi connectivity index (χ1v) is 5.33. The molecule has 5 heteroatoms. The number of nitrogens with one attached hydrogen (secondary N) is 2. The Balaban J connectivity index is 2.34. The van der Waals surface area contributed by atoms with Crippen molar-refractivity contribution in [3.63, 3.8) is 0 Å². The maximum Gasteiger partial charge on any atom is 0.237 e. The molecular formula is C10H20N2O3.